The first-order valence-corrected chi connectivity index (χ1v) is 21.3. The van der Waals surface area contributed by atoms with Gasteiger partial charge in [0, 0.05) is 26.1 Å². The average Bonchev–Trinajstić information content (AvgIpc) is 3.23. The number of esters is 1. The predicted molar refractivity (Wildman–Crippen MR) is 231 cm³/mol. The van der Waals surface area contributed by atoms with Gasteiger partial charge in [-0.3, -0.25) is 9.59 Å². The lowest BCUT2D eigenvalue weighted by Crippen LogP contribution is -2.38. The Kier molecular flexibility index (Phi) is 18.2. The van der Waals surface area contributed by atoms with Crippen molar-refractivity contribution in [3.8, 4) is 0 Å². The van der Waals surface area contributed by atoms with Crippen LogP contribution in [-0.4, -0.2) is 83.7 Å². The van der Waals surface area contributed by atoms with E-state index < -0.39 is 16.8 Å². The largest absolute Gasteiger partial charge is 0.481 e. The molecule has 0 unspecified atom stereocenters. The van der Waals surface area contributed by atoms with Gasteiger partial charge in [-0.2, -0.15) is 0 Å². The minimum atomic E-state index is -0.860. The van der Waals surface area contributed by atoms with Gasteiger partial charge in [0.1, 0.15) is 6.10 Å². The summed E-state index contributed by atoms with van der Waals surface area (Å²) in [6.07, 6.45) is 8.47. The molecule has 3 heterocycles. The van der Waals surface area contributed by atoms with E-state index in [9.17, 15) is 14.7 Å². The molecule has 3 aliphatic rings. The van der Waals surface area contributed by atoms with Crippen LogP contribution in [0.2, 0.25) is 0 Å². The molecule has 4 aromatic rings. The fraction of sp³-hybridized carbons (Fsp3) is 0.551. The Morgan fingerprint density at radius 3 is 1.40 bits per heavy atom. The molecule has 0 radical (unpaired) electrons. The fourth-order valence-electron chi connectivity index (χ4n) is 7.59. The van der Waals surface area contributed by atoms with Crippen LogP contribution in [0.5, 0.6) is 0 Å². The summed E-state index contributed by atoms with van der Waals surface area (Å²) in [5.74, 6) is -0.954. The quantitative estimate of drug-likeness (QED) is 0.149. The van der Waals surface area contributed by atoms with Crippen molar-refractivity contribution in [2.24, 2.45) is 0 Å². The molecule has 4 aromatic carbocycles. The second-order valence-electron chi connectivity index (χ2n) is 16.7. The van der Waals surface area contributed by atoms with Gasteiger partial charge in [0.2, 0.25) is 0 Å². The van der Waals surface area contributed by atoms with E-state index in [-0.39, 0.29) is 30.4 Å². The molecule has 3 fully saturated rings. The molecule has 0 aromatic heterocycles. The molecule has 0 amide bonds. The molecule has 318 valence electrons. The van der Waals surface area contributed by atoms with Crippen LogP contribution >= 0.6 is 0 Å². The summed E-state index contributed by atoms with van der Waals surface area (Å²) in [6, 6.07) is 27.9. The number of ether oxygens (including phenoxy) is 4. The molecule has 9 heteroatoms. The Labute approximate surface area is 346 Å². The van der Waals surface area contributed by atoms with Gasteiger partial charge in [0.25, 0.3) is 0 Å². The standard InChI is InChI=1S/C21H26O3.C14H14O2.2C7H14O2/c1-4-16-14-17(12-13-23-16)24-20(22)21(2,3)19-11-7-9-15-8-5-6-10-18(15)19;1-14(2,13(15)16)12-9-5-7-10-6-3-4-8-11(10)12;2*1-2-7-5-6(8)3-4-9-7/h5-11,16-17H,4,12-14H2,1-3H3;3-9H,1-2H3,(H,15,16);2*6-8H,2-5H2,1H3/t16-,17+;;2*6-,7+/m0.11/s1. The molecule has 3 N–H and O–H groups in total. The highest BCUT2D eigenvalue weighted by Gasteiger charge is 2.36. The molecule has 3 aliphatic heterocycles. The molecule has 3 saturated heterocycles. The molecule has 7 rings (SSSR count). The number of carboxylic acid groups (broad SMARTS) is 1. The van der Waals surface area contributed by atoms with Crippen molar-refractivity contribution >= 4 is 33.5 Å². The maximum atomic E-state index is 12.9. The van der Waals surface area contributed by atoms with E-state index >= 15 is 0 Å². The van der Waals surface area contributed by atoms with Crippen LogP contribution in [0.3, 0.4) is 0 Å². The van der Waals surface area contributed by atoms with Crippen LogP contribution in [0.25, 0.3) is 21.5 Å². The predicted octanol–water partition coefficient (Wildman–Crippen LogP) is 9.69. The normalized spacial score (nSPS) is 23.5. The molecular weight excluding hydrogens is 733 g/mol. The van der Waals surface area contributed by atoms with Crippen LogP contribution in [0.1, 0.15) is 117 Å². The van der Waals surface area contributed by atoms with Gasteiger partial charge in [-0.05, 0) is 105 Å². The lowest BCUT2D eigenvalue weighted by Gasteiger charge is -2.32. The highest BCUT2D eigenvalue weighted by Crippen LogP contribution is 2.33. The Balaban J connectivity index is 0.000000187. The molecule has 0 spiro atoms. The van der Waals surface area contributed by atoms with E-state index in [4.69, 9.17) is 29.2 Å². The highest BCUT2D eigenvalue weighted by atomic mass is 16.6. The van der Waals surface area contributed by atoms with Gasteiger partial charge in [-0.15, -0.1) is 0 Å². The Hall–Kier alpha value is -3.86. The van der Waals surface area contributed by atoms with Gasteiger partial charge in [-0.1, -0.05) is 106 Å². The third kappa shape index (κ3) is 13.1. The van der Waals surface area contributed by atoms with E-state index in [1.54, 1.807) is 13.8 Å². The van der Waals surface area contributed by atoms with Crippen molar-refractivity contribution in [3.05, 3.63) is 96.1 Å². The molecular formula is C49H68O9. The average molecular weight is 801 g/mol. The highest BCUT2D eigenvalue weighted by molar-refractivity contribution is 5.94. The monoisotopic (exact) mass is 800 g/mol. The first-order chi connectivity index (χ1) is 27.7. The van der Waals surface area contributed by atoms with E-state index in [0.717, 1.165) is 104 Å². The Morgan fingerprint density at radius 1 is 0.586 bits per heavy atom. The third-order valence-electron chi connectivity index (χ3n) is 11.6. The maximum absolute atomic E-state index is 12.9. The smallest absolute Gasteiger partial charge is 0.316 e. The number of aliphatic hydroxyl groups is 2. The zero-order valence-electron chi connectivity index (χ0n) is 35.8. The zero-order chi connectivity index (χ0) is 42.3. The minimum Gasteiger partial charge on any atom is -0.481 e. The van der Waals surface area contributed by atoms with Gasteiger partial charge in [0.15, 0.2) is 0 Å². The number of carboxylic acids is 1. The van der Waals surface area contributed by atoms with Crippen LogP contribution in [0, 0.1) is 0 Å². The van der Waals surface area contributed by atoms with Crippen LogP contribution in [-0.2, 0) is 39.4 Å². The van der Waals surface area contributed by atoms with E-state index in [0.29, 0.717) is 18.8 Å². The molecule has 0 bridgehead atoms. The van der Waals surface area contributed by atoms with E-state index in [1.807, 2.05) is 80.6 Å². The van der Waals surface area contributed by atoms with Gasteiger partial charge in [0.05, 0.1) is 48.0 Å². The second-order valence-corrected chi connectivity index (χ2v) is 16.7. The minimum absolute atomic E-state index is 0.0366. The first kappa shape index (κ1) is 46.8. The summed E-state index contributed by atoms with van der Waals surface area (Å²) in [6.45, 7) is 15.8. The number of aliphatic carboxylic acids is 1. The molecule has 0 saturated carbocycles. The van der Waals surface area contributed by atoms with Crippen molar-refractivity contribution in [2.45, 2.75) is 154 Å². The van der Waals surface area contributed by atoms with Crippen LogP contribution in [0.15, 0.2) is 84.9 Å². The van der Waals surface area contributed by atoms with Crippen molar-refractivity contribution in [2.75, 3.05) is 19.8 Å². The van der Waals surface area contributed by atoms with Crippen molar-refractivity contribution in [1.82, 2.24) is 0 Å². The van der Waals surface area contributed by atoms with Crippen LogP contribution in [0.4, 0.5) is 0 Å². The number of benzene rings is 4. The summed E-state index contributed by atoms with van der Waals surface area (Å²) >= 11 is 0. The Bertz CT molecular complexity index is 1840. The molecule has 6 atom stereocenters. The molecule has 9 nitrogen and oxygen atoms in total. The zero-order valence-corrected chi connectivity index (χ0v) is 35.8. The van der Waals surface area contributed by atoms with Crippen molar-refractivity contribution in [3.63, 3.8) is 0 Å². The van der Waals surface area contributed by atoms with Crippen molar-refractivity contribution < 1.29 is 43.9 Å². The lowest BCUT2D eigenvalue weighted by atomic mass is 9.81. The number of carbonyl (C=O) groups is 2. The van der Waals surface area contributed by atoms with Gasteiger partial charge in [-0.25, -0.2) is 0 Å². The topological polar surface area (TPSA) is 132 Å². The number of fused-ring (bicyclic) bond motifs is 2. The van der Waals surface area contributed by atoms with Crippen LogP contribution < -0.4 is 0 Å². The van der Waals surface area contributed by atoms with Gasteiger partial charge >= 0.3 is 11.9 Å². The number of aliphatic hydroxyl groups excluding tert-OH is 2. The number of hydrogen-bond donors (Lipinski definition) is 3. The first-order valence-electron chi connectivity index (χ1n) is 21.3. The fourth-order valence-corrected chi connectivity index (χ4v) is 7.59. The summed E-state index contributed by atoms with van der Waals surface area (Å²) in [7, 11) is 0. The van der Waals surface area contributed by atoms with E-state index in [2.05, 4.69) is 39.0 Å². The lowest BCUT2D eigenvalue weighted by molar-refractivity contribution is -0.161. The second kappa shape index (κ2) is 22.5. The van der Waals surface area contributed by atoms with E-state index in [1.165, 1.54) is 0 Å². The number of carbonyl (C=O) groups excluding carboxylic acids is 1. The van der Waals surface area contributed by atoms with Gasteiger partial charge < -0.3 is 34.3 Å². The molecule has 0 aliphatic carbocycles. The summed E-state index contributed by atoms with van der Waals surface area (Å²) < 4.78 is 22.2. The maximum Gasteiger partial charge on any atom is 0.316 e. The summed E-state index contributed by atoms with van der Waals surface area (Å²) in [5, 5.41) is 31.9. The summed E-state index contributed by atoms with van der Waals surface area (Å²) in [4.78, 5) is 24.2. The Morgan fingerprint density at radius 2 is 0.983 bits per heavy atom. The number of rotatable bonds is 8. The third-order valence-corrected chi connectivity index (χ3v) is 11.6. The molecule has 58 heavy (non-hydrogen) atoms. The van der Waals surface area contributed by atoms with Crippen molar-refractivity contribution in [1.29, 1.82) is 0 Å². The number of hydrogen-bond acceptors (Lipinski definition) is 8. The SMILES string of the molecule is CC(C)(C(=O)O)c1cccc2ccccc12.CC[C@H]1C[C@H](O)CCO1.CC[C@H]1C[C@H](O)CCO1.CC[C@H]1C[C@H](OC(=O)C(C)(C)c2cccc3ccccc23)CCO1. The summed E-state index contributed by atoms with van der Waals surface area (Å²) in [5.41, 5.74) is 0.338.